The number of rotatable bonds is 1. The van der Waals surface area contributed by atoms with Gasteiger partial charge in [-0.1, -0.05) is 32.1 Å². The monoisotopic (exact) mass is 154 g/mol. The predicted octanol–water partition coefficient (Wildman–Crippen LogP) is 1.42. The molecule has 1 nitrogen and oxygen atoms in total. The van der Waals surface area contributed by atoms with Gasteiger partial charge in [0.25, 0.3) is 0 Å². The molecule has 0 amide bonds. The van der Waals surface area contributed by atoms with E-state index in [1.54, 1.807) is 0 Å². The van der Waals surface area contributed by atoms with Gasteiger partial charge in [0.05, 0.1) is 6.61 Å². The third kappa shape index (κ3) is 5.61. The lowest BCUT2D eigenvalue weighted by Gasteiger charge is -2.03. The van der Waals surface area contributed by atoms with Crippen LogP contribution in [0.1, 0.15) is 0 Å². The van der Waals surface area contributed by atoms with Crippen molar-refractivity contribution >= 4 is 8.07 Å². The standard InChI is InChI=1S/C8H14OSi/c1-8(7-9)5-6-10(2,3)4/h9H,1,7H2,2-4H3. The molecule has 0 saturated carbocycles. The Hall–Kier alpha value is -0.523. The SMILES string of the molecule is C=C(C#C[Si](C)(C)C)CO. The van der Waals surface area contributed by atoms with Gasteiger partial charge in [0.1, 0.15) is 8.07 Å². The van der Waals surface area contributed by atoms with Gasteiger partial charge in [0, 0.05) is 5.57 Å². The summed E-state index contributed by atoms with van der Waals surface area (Å²) in [5, 5.41) is 8.55. The molecule has 0 fully saturated rings. The summed E-state index contributed by atoms with van der Waals surface area (Å²) in [5.41, 5.74) is 3.72. The lowest BCUT2D eigenvalue weighted by molar-refractivity contribution is 0.336. The maximum atomic E-state index is 8.55. The van der Waals surface area contributed by atoms with Crippen LogP contribution in [-0.4, -0.2) is 19.8 Å². The zero-order valence-corrected chi connectivity index (χ0v) is 7.86. The van der Waals surface area contributed by atoms with Crippen LogP contribution in [0.15, 0.2) is 12.2 Å². The summed E-state index contributed by atoms with van der Waals surface area (Å²) in [4.78, 5) is 0. The molecule has 0 rings (SSSR count). The van der Waals surface area contributed by atoms with Crippen LogP contribution in [0.3, 0.4) is 0 Å². The highest BCUT2D eigenvalue weighted by molar-refractivity contribution is 6.83. The third-order valence-corrected chi connectivity index (χ3v) is 1.68. The average molecular weight is 154 g/mol. The van der Waals surface area contributed by atoms with E-state index >= 15 is 0 Å². The maximum absolute atomic E-state index is 8.55. The minimum absolute atomic E-state index is 0.0164. The highest BCUT2D eigenvalue weighted by Crippen LogP contribution is 1.97. The Morgan fingerprint density at radius 1 is 1.50 bits per heavy atom. The molecule has 0 aromatic carbocycles. The molecule has 0 aliphatic heterocycles. The molecule has 0 spiro atoms. The van der Waals surface area contributed by atoms with Crippen LogP contribution in [-0.2, 0) is 0 Å². The van der Waals surface area contributed by atoms with Crippen molar-refractivity contribution < 1.29 is 5.11 Å². The number of hydrogen-bond donors (Lipinski definition) is 1. The fourth-order valence-corrected chi connectivity index (χ4v) is 0.867. The minimum Gasteiger partial charge on any atom is -0.391 e. The van der Waals surface area contributed by atoms with Gasteiger partial charge in [-0.25, -0.2) is 0 Å². The summed E-state index contributed by atoms with van der Waals surface area (Å²) < 4.78 is 0. The molecular weight excluding hydrogens is 140 g/mol. The molecule has 0 aromatic rings. The normalized spacial score (nSPS) is 10.0. The summed E-state index contributed by atoms with van der Waals surface area (Å²) in [7, 11) is -1.27. The molecular formula is C8H14OSi. The van der Waals surface area contributed by atoms with Crippen LogP contribution in [0.4, 0.5) is 0 Å². The Labute approximate surface area is 63.8 Å². The second-order valence-electron chi connectivity index (χ2n) is 3.26. The van der Waals surface area contributed by atoms with Gasteiger partial charge < -0.3 is 5.11 Å². The molecule has 0 saturated heterocycles. The van der Waals surface area contributed by atoms with E-state index < -0.39 is 8.07 Å². The molecule has 2 heteroatoms. The van der Waals surface area contributed by atoms with Crippen molar-refractivity contribution in [3.8, 4) is 11.5 Å². The zero-order valence-electron chi connectivity index (χ0n) is 6.86. The largest absolute Gasteiger partial charge is 0.391 e. The molecule has 0 heterocycles. The van der Waals surface area contributed by atoms with E-state index in [4.69, 9.17) is 5.11 Å². The van der Waals surface area contributed by atoms with Crippen molar-refractivity contribution in [1.29, 1.82) is 0 Å². The Balaban J connectivity index is 4.05. The molecule has 0 aliphatic carbocycles. The van der Waals surface area contributed by atoms with Gasteiger partial charge in [-0.2, -0.15) is 0 Å². The van der Waals surface area contributed by atoms with E-state index in [-0.39, 0.29) is 6.61 Å². The first-order valence-corrected chi connectivity index (χ1v) is 6.77. The Kier molecular flexibility index (Phi) is 3.41. The van der Waals surface area contributed by atoms with Crippen molar-refractivity contribution in [2.75, 3.05) is 6.61 Å². The van der Waals surface area contributed by atoms with Crippen LogP contribution in [0, 0.1) is 11.5 Å². The van der Waals surface area contributed by atoms with E-state index in [0.29, 0.717) is 5.57 Å². The highest BCUT2D eigenvalue weighted by Gasteiger charge is 2.07. The lowest BCUT2D eigenvalue weighted by Crippen LogP contribution is -2.16. The third-order valence-electron chi connectivity index (χ3n) is 0.805. The fraction of sp³-hybridized carbons (Fsp3) is 0.500. The number of aliphatic hydroxyl groups is 1. The van der Waals surface area contributed by atoms with Crippen LogP contribution in [0.5, 0.6) is 0 Å². The number of hydrogen-bond acceptors (Lipinski definition) is 1. The molecule has 0 aromatic heterocycles. The summed E-state index contributed by atoms with van der Waals surface area (Å²) in [6.45, 7) is 10.0. The zero-order chi connectivity index (χ0) is 8.20. The van der Waals surface area contributed by atoms with Gasteiger partial charge in [0.2, 0.25) is 0 Å². The maximum Gasteiger partial charge on any atom is 0.129 e. The van der Waals surface area contributed by atoms with E-state index in [1.165, 1.54) is 0 Å². The van der Waals surface area contributed by atoms with Crippen LogP contribution in [0.2, 0.25) is 19.6 Å². The Bertz CT molecular complexity index is 178. The quantitative estimate of drug-likeness (QED) is 0.447. The van der Waals surface area contributed by atoms with Crippen LogP contribution in [0.25, 0.3) is 0 Å². The molecule has 1 N–H and O–H groups in total. The molecule has 10 heavy (non-hydrogen) atoms. The Morgan fingerprint density at radius 3 is 2.30 bits per heavy atom. The summed E-state index contributed by atoms with van der Waals surface area (Å²) in [6, 6.07) is 0. The topological polar surface area (TPSA) is 20.2 Å². The first kappa shape index (κ1) is 9.48. The predicted molar refractivity (Wildman–Crippen MR) is 47.3 cm³/mol. The fourth-order valence-electron chi connectivity index (χ4n) is 0.315. The molecule has 0 aliphatic rings. The second kappa shape index (κ2) is 3.60. The minimum atomic E-state index is -1.27. The van der Waals surface area contributed by atoms with Crippen LogP contribution >= 0.6 is 0 Å². The molecule has 56 valence electrons. The van der Waals surface area contributed by atoms with Gasteiger partial charge in [0.15, 0.2) is 0 Å². The van der Waals surface area contributed by atoms with Crippen molar-refractivity contribution in [3.63, 3.8) is 0 Å². The summed E-state index contributed by atoms with van der Waals surface area (Å²) in [6.07, 6.45) is 0. The van der Waals surface area contributed by atoms with Crippen molar-refractivity contribution in [3.05, 3.63) is 12.2 Å². The van der Waals surface area contributed by atoms with E-state index in [9.17, 15) is 0 Å². The van der Waals surface area contributed by atoms with Gasteiger partial charge >= 0.3 is 0 Å². The van der Waals surface area contributed by atoms with E-state index in [1.807, 2.05) is 0 Å². The molecule has 0 atom stereocenters. The smallest absolute Gasteiger partial charge is 0.129 e. The first-order valence-electron chi connectivity index (χ1n) is 3.27. The summed E-state index contributed by atoms with van der Waals surface area (Å²) in [5.74, 6) is 2.84. The van der Waals surface area contributed by atoms with Gasteiger partial charge in [-0.3, -0.25) is 0 Å². The van der Waals surface area contributed by atoms with Crippen LogP contribution < -0.4 is 0 Å². The van der Waals surface area contributed by atoms with Gasteiger partial charge in [-0.15, -0.1) is 5.54 Å². The molecule has 0 radical (unpaired) electrons. The van der Waals surface area contributed by atoms with Crippen molar-refractivity contribution in [1.82, 2.24) is 0 Å². The van der Waals surface area contributed by atoms with Gasteiger partial charge in [-0.05, 0) is 0 Å². The lowest BCUT2D eigenvalue weighted by atomic mass is 10.3. The van der Waals surface area contributed by atoms with Crippen molar-refractivity contribution in [2.24, 2.45) is 0 Å². The average Bonchev–Trinajstić information content (AvgIpc) is 1.81. The summed E-state index contributed by atoms with van der Waals surface area (Å²) >= 11 is 0. The molecule has 0 bridgehead atoms. The van der Waals surface area contributed by atoms with E-state index in [0.717, 1.165) is 0 Å². The Morgan fingerprint density at radius 2 is 2.00 bits per heavy atom. The highest BCUT2D eigenvalue weighted by atomic mass is 28.3. The molecule has 0 unspecified atom stereocenters. The van der Waals surface area contributed by atoms with Crippen molar-refractivity contribution in [2.45, 2.75) is 19.6 Å². The number of aliphatic hydroxyl groups excluding tert-OH is 1. The second-order valence-corrected chi connectivity index (χ2v) is 8.01. The first-order chi connectivity index (χ1) is 4.45. The van der Waals surface area contributed by atoms with E-state index in [2.05, 4.69) is 37.7 Å².